The molecule has 0 aliphatic carbocycles. The van der Waals surface area contributed by atoms with Crippen LogP contribution in [0.5, 0.6) is 5.75 Å². The third-order valence-corrected chi connectivity index (χ3v) is 3.82. The number of aromatic nitrogens is 1. The minimum absolute atomic E-state index is 0.0846. The highest BCUT2D eigenvalue weighted by Gasteiger charge is 2.22. The van der Waals surface area contributed by atoms with E-state index < -0.39 is 5.97 Å². The second kappa shape index (κ2) is 5.61. The molecule has 1 aromatic carbocycles. The van der Waals surface area contributed by atoms with Crippen LogP contribution in [0.25, 0.3) is 5.52 Å². The van der Waals surface area contributed by atoms with Crippen LogP contribution in [0.1, 0.15) is 32.0 Å². The molecule has 0 radical (unpaired) electrons. The van der Waals surface area contributed by atoms with Crippen LogP contribution in [0, 0.1) is 6.92 Å². The Morgan fingerprint density at radius 1 is 1.09 bits per heavy atom. The first-order chi connectivity index (χ1) is 11.0. The first-order valence-corrected chi connectivity index (χ1v) is 7.06. The third kappa shape index (κ3) is 2.36. The summed E-state index contributed by atoms with van der Waals surface area (Å²) in [5.74, 6) is -0.660. The fraction of sp³-hybridized carbons (Fsp3) is 0.111. The van der Waals surface area contributed by atoms with Gasteiger partial charge in [-0.05, 0) is 31.2 Å². The standard InChI is InChI=1S/C18H15NO4/c1-11-15(19-9-4-3-8-14(19)17(11)23-2)16(20)12-6-5-7-13(10-12)18(21)22/h3-10H,1-2H3,(H,21,22). The Hall–Kier alpha value is -3.08. The van der Waals surface area contributed by atoms with Crippen LogP contribution in [0.4, 0.5) is 0 Å². The lowest BCUT2D eigenvalue weighted by atomic mass is 10.0. The highest BCUT2D eigenvalue weighted by Crippen LogP contribution is 2.31. The van der Waals surface area contributed by atoms with Crippen LogP contribution in [0.3, 0.4) is 0 Å². The minimum Gasteiger partial charge on any atom is -0.494 e. The van der Waals surface area contributed by atoms with Crippen molar-refractivity contribution in [2.24, 2.45) is 0 Å². The van der Waals surface area contributed by atoms with Gasteiger partial charge < -0.3 is 14.2 Å². The quantitative estimate of drug-likeness (QED) is 0.752. The topological polar surface area (TPSA) is 68.0 Å². The lowest BCUT2D eigenvalue weighted by molar-refractivity contribution is 0.0697. The van der Waals surface area contributed by atoms with E-state index in [0.29, 0.717) is 17.0 Å². The predicted octanol–water partition coefficient (Wildman–Crippen LogP) is 3.19. The van der Waals surface area contributed by atoms with Crippen molar-refractivity contribution in [3.05, 3.63) is 71.0 Å². The monoisotopic (exact) mass is 309 g/mol. The number of nitrogens with zero attached hydrogens (tertiary/aromatic N) is 1. The second-order valence-corrected chi connectivity index (χ2v) is 5.18. The number of hydrogen-bond acceptors (Lipinski definition) is 3. The maximum atomic E-state index is 12.9. The second-order valence-electron chi connectivity index (χ2n) is 5.18. The molecule has 1 N–H and O–H groups in total. The van der Waals surface area contributed by atoms with Gasteiger partial charge in [0, 0.05) is 17.3 Å². The molecule has 5 heteroatoms. The SMILES string of the molecule is COc1c(C)c(C(=O)c2cccc(C(=O)O)c2)n2ccccc12. The number of rotatable bonds is 4. The Balaban J connectivity index is 2.21. The van der Waals surface area contributed by atoms with E-state index in [1.807, 2.05) is 25.1 Å². The predicted molar refractivity (Wildman–Crippen MR) is 85.5 cm³/mol. The summed E-state index contributed by atoms with van der Waals surface area (Å²) in [6.45, 7) is 1.82. The zero-order chi connectivity index (χ0) is 16.6. The van der Waals surface area contributed by atoms with Crippen LogP contribution < -0.4 is 4.74 Å². The molecule has 0 saturated heterocycles. The summed E-state index contributed by atoms with van der Waals surface area (Å²) in [6.07, 6.45) is 1.79. The van der Waals surface area contributed by atoms with Crippen LogP contribution in [-0.4, -0.2) is 28.4 Å². The Morgan fingerprint density at radius 2 is 1.83 bits per heavy atom. The summed E-state index contributed by atoms with van der Waals surface area (Å²) in [5.41, 5.74) is 2.41. The van der Waals surface area contributed by atoms with Gasteiger partial charge in [0.15, 0.2) is 0 Å². The van der Waals surface area contributed by atoms with Crippen LogP contribution in [-0.2, 0) is 0 Å². The van der Waals surface area contributed by atoms with E-state index in [0.717, 1.165) is 11.1 Å². The van der Waals surface area contributed by atoms with Gasteiger partial charge in [0.1, 0.15) is 11.4 Å². The maximum absolute atomic E-state index is 12.9. The molecule has 0 saturated carbocycles. The number of ether oxygens (including phenoxy) is 1. The number of aromatic carboxylic acids is 1. The van der Waals surface area contributed by atoms with E-state index in [4.69, 9.17) is 9.84 Å². The van der Waals surface area contributed by atoms with E-state index in [2.05, 4.69) is 0 Å². The molecule has 116 valence electrons. The summed E-state index contributed by atoms with van der Waals surface area (Å²) < 4.78 is 7.19. The summed E-state index contributed by atoms with van der Waals surface area (Å²) in [7, 11) is 1.56. The first-order valence-electron chi connectivity index (χ1n) is 7.06. The van der Waals surface area contributed by atoms with Crippen molar-refractivity contribution >= 4 is 17.3 Å². The number of carboxylic acid groups (broad SMARTS) is 1. The largest absolute Gasteiger partial charge is 0.494 e. The maximum Gasteiger partial charge on any atom is 0.335 e. The number of ketones is 1. The van der Waals surface area contributed by atoms with E-state index in [1.165, 1.54) is 12.1 Å². The van der Waals surface area contributed by atoms with E-state index >= 15 is 0 Å². The lowest BCUT2D eigenvalue weighted by Crippen LogP contribution is -2.08. The number of methoxy groups -OCH3 is 1. The molecular weight excluding hydrogens is 294 g/mol. The van der Waals surface area contributed by atoms with Gasteiger partial charge in [0.2, 0.25) is 5.78 Å². The first kappa shape index (κ1) is 14.8. The van der Waals surface area contributed by atoms with Gasteiger partial charge in [-0.15, -0.1) is 0 Å². The molecule has 0 fully saturated rings. The van der Waals surface area contributed by atoms with Crippen molar-refractivity contribution in [1.82, 2.24) is 4.40 Å². The van der Waals surface area contributed by atoms with Gasteiger partial charge in [-0.1, -0.05) is 18.2 Å². The number of carbonyl (C=O) groups excluding carboxylic acids is 1. The molecule has 0 aliphatic heterocycles. The number of hydrogen-bond donors (Lipinski definition) is 1. The molecule has 23 heavy (non-hydrogen) atoms. The van der Waals surface area contributed by atoms with Crippen molar-refractivity contribution in [2.45, 2.75) is 6.92 Å². The average Bonchev–Trinajstić information content (AvgIpc) is 2.85. The molecule has 0 amide bonds. The van der Waals surface area contributed by atoms with Gasteiger partial charge >= 0.3 is 5.97 Å². The van der Waals surface area contributed by atoms with Crippen molar-refractivity contribution < 1.29 is 19.4 Å². The van der Waals surface area contributed by atoms with Gasteiger partial charge in [0.25, 0.3) is 0 Å². The van der Waals surface area contributed by atoms with Crippen LogP contribution in [0.15, 0.2) is 48.7 Å². The average molecular weight is 309 g/mol. The third-order valence-electron chi connectivity index (χ3n) is 3.82. The molecule has 0 bridgehead atoms. The Morgan fingerprint density at radius 3 is 2.52 bits per heavy atom. The Bertz CT molecular complexity index is 924. The minimum atomic E-state index is -1.06. The summed E-state index contributed by atoms with van der Waals surface area (Å²) in [4.78, 5) is 24.0. The Labute approximate surface area is 132 Å². The highest BCUT2D eigenvalue weighted by atomic mass is 16.5. The normalized spacial score (nSPS) is 10.7. The highest BCUT2D eigenvalue weighted by molar-refractivity contribution is 6.11. The fourth-order valence-corrected chi connectivity index (χ4v) is 2.77. The number of pyridine rings is 1. The van der Waals surface area contributed by atoms with Crippen molar-refractivity contribution in [1.29, 1.82) is 0 Å². The summed E-state index contributed by atoms with van der Waals surface area (Å²) in [5, 5.41) is 9.09. The van der Waals surface area contributed by atoms with E-state index in [1.54, 1.807) is 29.8 Å². The molecule has 3 rings (SSSR count). The molecule has 3 aromatic rings. The zero-order valence-corrected chi connectivity index (χ0v) is 12.7. The molecule has 2 aromatic heterocycles. The van der Waals surface area contributed by atoms with Crippen molar-refractivity contribution in [3.8, 4) is 5.75 Å². The molecule has 0 atom stereocenters. The molecule has 2 heterocycles. The van der Waals surface area contributed by atoms with Crippen LogP contribution in [0.2, 0.25) is 0 Å². The number of benzene rings is 1. The van der Waals surface area contributed by atoms with Gasteiger partial charge in [-0.2, -0.15) is 0 Å². The molecule has 0 aliphatic rings. The van der Waals surface area contributed by atoms with Gasteiger partial charge in [-0.25, -0.2) is 4.79 Å². The molecule has 0 unspecified atom stereocenters. The van der Waals surface area contributed by atoms with Gasteiger partial charge in [-0.3, -0.25) is 4.79 Å². The van der Waals surface area contributed by atoms with Gasteiger partial charge in [0.05, 0.1) is 18.2 Å². The smallest absolute Gasteiger partial charge is 0.335 e. The molecular formula is C18H15NO4. The molecule has 0 spiro atoms. The Kier molecular flexibility index (Phi) is 3.62. The lowest BCUT2D eigenvalue weighted by Gasteiger charge is -2.04. The van der Waals surface area contributed by atoms with Crippen LogP contribution >= 0.6 is 0 Å². The van der Waals surface area contributed by atoms with E-state index in [-0.39, 0.29) is 11.3 Å². The number of carbonyl (C=O) groups is 2. The summed E-state index contributed by atoms with van der Waals surface area (Å²) in [6, 6.07) is 11.6. The number of fused-ring (bicyclic) bond motifs is 1. The number of carboxylic acids is 1. The van der Waals surface area contributed by atoms with Crippen molar-refractivity contribution in [3.63, 3.8) is 0 Å². The zero-order valence-electron chi connectivity index (χ0n) is 12.7. The fourth-order valence-electron chi connectivity index (χ4n) is 2.77. The molecule has 5 nitrogen and oxygen atoms in total. The van der Waals surface area contributed by atoms with Crippen molar-refractivity contribution in [2.75, 3.05) is 7.11 Å². The van der Waals surface area contributed by atoms with E-state index in [9.17, 15) is 9.59 Å². The summed E-state index contributed by atoms with van der Waals surface area (Å²) >= 11 is 0.